The number of rotatable bonds is 5. The average molecular weight is 274 g/mol. The van der Waals surface area contributed by atoms with E-state index in [1.54, 1.807) is 0 Å². The number of benzene rings is 1. The highest BCUT2D eigenvalue weighted by molar-refractivity contribution is 5.77. The minimum atomic E-state index is 0.0477. The van der Waals surface area contributed by atoms with Gasteiger partial charge in [-0.25, -0.2) is 0 Å². The van der Waals surface area contributed by atoms with Gasteiger partial charge in [0.1, 0.15) is 0 Å². The Hall–Kier alpha value is -1.35. The smallest absolute Gasteiger partial charge is 0.222 e. The Morgan fingerprint density at radius 3 is 2.60 bits per heavy atom. The molecule has 3 heteroatoms. The summed E-state index contributed by atoms with van der Waals surface area (Å²) in [6, 6.07) is 8.58. The van der Waals surface area contributed by atoms with Crippen molar-refractivity contribution >= 4 is 5.91 Å². The van der Waals surface area contributed by atoms with Crippen molar-refractivity contribution in [3.8, 4) is 0 Å². The first-order valence-electron chi connectivity index (χ1n) is 7.73. The fourth-order valence-electron chi connectivity index (χ4n) is 2.61. The van der Waals surface area contributed by atoms with E-state index in [4.69, 9.17) is 0 Å². The fourth-order valence-corrected chi connectivity index (χ4v) is 2.61. The summed E-state index contributed by atoms with van der Waals surface area (Å²) in [6.07, 6.45) is 4.02. The van der Waals surface area contributed by atoms with Crippen LogP contribution in [0, 0.1) is 5.92 Å². The van der Waals surface area contributed by atoms with E-state index in [0.717, 1.165) is 6.54 Å². The van der Waals surface area contributed by atoms with Gasteiger partial charge in [-0.2, -0.15) is 0 Å². The summed E-state index contributed by atoms with van der Waals surface area (Å²) in [7, 11) is 0. The Kier molecular flexibility index (Phi) is 5.60. The maximum absolute atomic E-state index is 11.6. The number of amides is 1. The molecule has 0 bridgehead atoms. The lowest BCUT2D eigenvalue weighted by Crippen LogP contribution is -2.29. The zero-order chi connectivity index (χ0) is 14.4. The third kappa shape index (κ3) is 4.64. The molecule has 0 spiro atoms. The maximum atomic E-state index is 11.6. The van der Waals surface area contributed by atoms with Gasteiger partial charge in [0, 0.05) is 19.0 Å². The molecule has 1 aromatic carbocycles. The number of nitrogens with one attached hydrogen (secondary N) is 1. The van der Waals surface area contributed by atoms with Crippen molar-refractivity contribution in [1.82, 2.24) is 10.2 Å². The van der Waals surface area contributed by atoms with E-state index in [0.29, 0.717) is 6.54 Å². The largest absolute Gasteiger partial charge is 0.352 e. The predicted molar refractivity (Wildman–Crippen MR) is 82.3 cm³/mol. The Morgan fingerprint density at radius 2 is 1.90 bits per heavy atom. The van der Waals surface area contributed by atoms with Gasteiger partial charge in [-0.15, -0.1) is 0 Å². The molecule has 1 aliphatic rings. The summed E-state index contributed by atoms with van der Waals surface area (Å²) in [5.41, 5.74) is 2.54. The highest BCUT2D eigenvalue weighted by Crippen LogP contribution is 2.14. The lowest BCUT2D eigenvalue weighted by molar-refractivity contribution is -0.124. The molecular weight excluding hydrogens is 248 g/mol. The zero-order valence-corrected chi connectivity index (χ0v) is 12.7. The Morgan fingerprint density at radius 1 is 1.20 bits per heavy atom. The van der Waals surface area contributed by atoms with Crippen LogP contribution < -0.4 is 5.32 Å². The van der Waals surface area contributed by atoms with Crippen LogP contribution >= 0.6 is 0 Å². The number of hydrogen-bond acceptors (Lipinski definition) is 2. The van der Waals surface area contributed by atoms with Crippen LogP contribution in [0.3, 0.4) is 0 Å². The third-order valence-electron chi connectivity index (χ3n) is 3.84. The molecule has 1 heterocycles. The summed E-state index contributed by atoms with van der Waals surface area (Å²) in [5.74, 6) is 0.165. The van der Waals surface area contributed by atoms with Crippen molar-refractivity contribution in [3.63, 3.8) is 0 Å². The molecule has 1 N–H and O–H groups in total. The van der Waals surface area contributed by atoms with Crippen LogP contribution in [-0.2, 0) is 17.9 Å². The highest BCUT2D eigenvalue weighted by atomic mass is 16.1. The Bertz CT molecular complexity index is 436. The van der Waals surface area contributed by atoms with Gasteiger partial charge in [-0.3, -0.25) is 9.69 Å². The number of carbonyl (C=O) groups is 1. The maximum Gasteiger partial charge on any atom is 0.222 e. The van der Waals surface area contributed by atoms with Crippen LogP contribution in [0.4, 0.5) is 0 Å². The van der Waals surface area contributed by atoms with Crippen LogP contribution in [0.5, 0.6) is 0 Å². The molecule has 2 rings (SSSR count). The fraction of sp³-hybridized carbons (Fsp3) is 0.588. The van der Waals surface area contributed by atoms with Gasteiger partial charge >= 0.3 is 0 Å². The first-order valence-corrected chi connectivity index (χ1v) is 7.73. The van der Waals surface area contributed by atoms with Gasteiger partial charge in [0.25, 0.3) is 0 Å². The van der Waals surface area contributed by atoms with E-state index in [1.165, 1.54) is 43.5 Å². The van der Waals surface area contributed by atoms with Gasteiger partial charge in [0.2, 0.25) is 5.91 Å². The predicted octanol–water partition coefficient (Wildman–Crippen LogP) is 2.94. The lowest BCUT2D eigenvalue weighted by Gasteiger charge is -2.26. The molecule has 1 aromatic rings. The standard InChI is InChI=1S/C17H26N2O/c1-14(2)17(20)18-12-15-7-6-8-16(11-15)13-19-9-4-3-5-10-19/h6-8,11,14H,3-5,9-10,12-13H2,1-2H3,(H,18,20). The lowest BCUT2D eigenvalue weighted by atomic mass is 10.1. The van der Waals surface area contributed by atoms with Crippen molar-refractivity contribution in [2.75, 3.05) is 13.1 Å². The van der Waals surface area contributed by atoms with Crippen LogP contribution in [0.25, 0.3) is 0 Å². The van der Waals surface area contributed by atoms with Crippen molar-refractivity contribution in [2.24, 2.45) is 5.92 Å². The minimum absolute atomic E-state index is 0.0477. The first-order chi connectivity index (χ1) is 9.65. The second-order valence-corrected chi connectivity index (χ2v) is 6.03. The molecule has 0 unspecified atom stereocenters. The number of carbonyl (C=O) groups excluding carboxylic acids is 1. The number of likely N-dealkylation sites (tertiary alicyclic amines) is 1. The van der Waals surface area contributed by atoms with Crippen LogP contribution in [-0.4, -0.2) is 23.9 Å². The van der Waals surface area contributed by atoms with E-state index in [9.17, 15) is 4.79 Å². The molecule has 1 aliphatic heterocycles. The molecule has 110 valence electrons. The summed E-state index contributed by atoms with van der Waals surface area (Å²) in [4.78, 5) is 14.1. The topological polar surface area (TPSA) is 32.3 Å². The van der Waals surface area contributed by atoms with Gasteiger partial charge < -0.3 is 5.32 Å². The average Bonchev–Trinajstić information content (AvgIpc) is 2.46. The number of nitrogens with zero attached hydrogens (tertiary/aromatic N) is 1. The molecule has 3 nitrogen and oxygen atoms in total. The molecule has 0 aliphatic carbocycles. The van der Waals surface area contributed by atoms with E-state index >= 15 is 0 Å². The van der Waals surface area contributed by atoms with Crippen LogP contribution in [0.1, 0.15) is 44.2 Å². The molecule has 1 saturated heterocycles. The summed E-state index contributed by atoms with van der Waals surface area (Å²) >= 11 is 0. The van der Waals surface area contributed by atoms with Gasteiger partial charge in [-0.05, 0) is 37.1 Å². The van der Waals surface area contributed by atoms with Crippen molar-refractivity contribution in [3.05, 3.63) is 35.4 Å². The van der Waals surface area contributed by atoms with Gasteiger partial charge in [0.15, 0.2) is 0 Å². The third-order valence-corrected chi connectivity index (χ3v) is 3.84. The number of hydrogen-bond donors (Lipinski definition) is 1. The SMILES string of the molecule is CC(C)C(=O)NCc1cccc(CN2CCCCC2)c1. The van der Waals surface area contributed by atoms with Crippen LogP contribution in [0.2, 0.25) is 0 Å². The quantitative estimate of drug-likeness (QED) is 0.895. The Balaban J connectivity index is 1.88. The molecule has 1 amide bonds. The van der Waals surface area contributed by atoms with Crippen molar-refractivity contribution < 1.29 is 4.79 Å². The first kappa shape index (κ1) is 15.0. The molecule has 0 radical (unpaired) electrons. The second kappa shape index (κ2) is 7.44. The van der Waals surface area contributed by atoms with Gasteiger partial charge in [0.05, 0.1) is 0 Å². The van der Waals surface area contributed by atoms with E-state index < -0.39 is 0 Å². The monoisotopic (exact) mass is 274 g/mol. The highest BCUT2D eigenvalue weighted by Gasteiger charge is 2.11. The van der Waals surface area contributed by atoms with Crippen molar-refractivity contribution in [1.29, 1.82) is 0 Å². The van der Waals surface area contributed by atoms with Crippen LogP contribution in [0.15, 0.2) is 24.3 Å². The molecule has 0 atom stereocenters. The molecule has 20 heavy (non-hydrogen) atoms. The van der Waals surface area contributed by atoms with E-state index in [2.05, 4.69) is 34.5 Å². The summed E-state index contributed by atoms with van der Waals surface area (Å²) in [5, 5.41) is 2.98. The molecule has 0 aromatic heterocycles. The normalized spacial score (nSPS) is 16.4. The van der Waals surface area contributed by atoms with Crippen molar-refractivity contribution in [2.45, 2.75) is 46.2 Å². The Labute approximate surface area is 122 Å². The number of piperidine rings is 1. The summed E-state index contributed by atoms with van der Waals surface area (Å²) < 4.78 is 0. The zero-order valence-electron chi connectivity index (χ0n) is 12.7. The molecule has 0 saturated carbocycles. The van der Waals surface area contributed by atoms with E-state index in [-0.39, 0.29) is 11.8 Å². The summed E-state index contributed by atoms with van der Waals surface area (Å²) in [6.45, 7) is 7.93. The molecule has 1 fully saturated rings. The minimum Gasteiger partial charge on any atom is -0.352 e. The van der Waals surface area contributed by atoms with Gasteiger partial charge in [-0.1, -0.05) is 44.5 Å². The van der Waals surface area contributed by atoms with E-state index in [1.807, 2.05) is 13.8 Å². The second-order valence-electron chi connectivity index (χ2n) is 6.03. The molecular formula is C17H26N2O.